The van der Waals surface area contributed by atoms with Crippen LogP contribution in [0.5, 0.6) is 5.75 Å². The number of nitrogens with zero attached hydrogens (tertiary/aromatic N) is 6. The van der Waals surface area contributed by atoms with Gasteiger partial charge in [0, 0.05) is 72.4 Å². The molecule has 6 heterocycles. The molecule has 61 heavy (non-hydrogen) atoms. The molecule has 4 N–H and O–H groups in total. The number of aromatic nitrogens is 3. The summed E-state index contributed by atoms with van der Waals surface area (Å²) in [5, 5.41) is 10.6. The molecule has 0 saturated carbocycles. The molecule has 14 nitrogen and oxygen atoms in total. The molecule has 3 fully saturated rings. The third kappa shape index (κ3) is 9.25. The van der Waals surface area contributed by atoms with Gasteiger partial charge in [-0.05, 0) is 82.4 Å². The summed E-state index contributed by atoms with van der Waals surface area (Å²) in [5.41, 5.74) is 9.39. The van der Waals surface area contributed by atoms with E-state index in [4.69, 9.17) is 38.8 Å². The van der Waals surface area contributed by atoms with Gasteiger partial charge in [-0.3, -0.25) is 39.0 Å². The summed E-state index contributed by atoms with van der Waals surface area (Å²) in [4.78, 5) is 60.9. The number of nitrogens with one attached hydrogen (secondary N) is 2. The zero-order chi connectivity index (χ0) is 42.8. The van der Waals surface area contributed by atoms with Crippen molar-refractivity contribution < 1.29 is 28.3 Å². The van der Waals surface area contributed by atoms with Gasteiger partial charge in [0.15, 0.2) is 11.6 Å². The molecule has 4 aliphatic heterocycles. The molecule has 2 atom stereocenters. The molecule has 1 unspecified atom stereocenters. The van der Waals surface area contributed by atoms with E-state index in [-0.39, 0.29) is 35.3 Å². The number of benzene rings is 2. The number of unbranched alkanes of at least 4 members (excludes halogenated alkanes) is 4. The maximum absolute atomic E-state index is 14.2. The smallest absolute Gasteiger partial charge is 0.264 e. The molecule has 17 heteroatoms. The number of carbonyl (C=O) groups is 4. The lowest BCUT2D eigenvalue weighted by Gasteiger charge is -2.40. The molecule has 0 bridgehead atoms. The number of anilines is 2. The van der Waals surface area contributed by atoms with Crippen LogP contribution in [0.2, 0.25) is 10.0 Å². The Morgan fingerprint density at radius 3 is 2.43 bits per heavy atom. The maximum Gasteiger partial charge on any atom is 0.264 e. The SMILES string of the molecule is C[C@@H](Oc1cc(-c2cnn(C3CCN(CCCCCCCN4CC(Nc5cccc6c5C(=O)N(C5CCC(=O)NC5=O)C6=O)C4)CC3)c2)cnc1N)c1c(Cl)ccc(F)c1Cl. The largest absolute Gasteiger partial charge is 0.482 e. The molecule has 0 aliphatic carbocycles. The number of likely N-dealkylation sites (tertiary alicyclic amines) is 2. The van der Waals surface area contributed by atoms with E-state index in [9.17, 15) is 23.6 Å². The number of nitrogen functional groups attached to an aromatic ring is 1. The van der Waals surface area contributed by atoms with E-state index in [1.54, 1.807) is 31.3 Å². The predicted octanol–water partition coefficient (Wildman–Crippen LogP) is 6.90. The Bertz CT molecular complexity index is 2310. The van der Waals surface area contributed by atoms with E-state index < -0.39 is 41.6 Å². The molecule has 4 aromatic rings. The molecule has 0 radical (unpaired) electrons. The lowest BCUT2D eigenvalue weighted by Crippen LogP contribution is -2.55. The Balaban J connectivity index is 0.709. The fraction of sp³-hybridized carbons (Fsp3) is 0.455. The van der Waals surface area contributed by atoms with Crippen molar-refractivity contribution in [2.24, 2.45) is 0 Å². The van der Waals surface area contributed by atoms with E-state index in [0.29, 0.717) is 33.6 Å². The minimum atomic E-state index is -0.979. The number of pyridine rings is 1. The van der Waals surface area contributed by atoms with Crippen LogP contribution < -0.4 is 21.1 Å². The van der Waals surface area contributed by atoms with Crippen molar-refractivity contribution in [3.8, 4) is 16.9 Å². The summed E-state index contributed by atoms with van der Waals surface area (Å²) in [5.74, 6) is -2.02. The molecule has 8 rings (SSSR count). The number of fused-ring (bicyclic) bond motifs is 1. The van der Waals surface area contributed by atoms with Crippen LogP contribution in [-0.4, -0.2) is 104 Å². The number of imide groups is 2. The van der Waals surface area contributed by atoms with Crippen molar-refractivity contribution in [3.63, 3.8) is 0 Å². The number of halogens is 3. The van der Waals surface area contributed by atoms with Crippen LogP contribution in [0.3, 0.4) is 0 Å². The Morgan fingerprint density at radius 1 is 0.934 bits per heavy atom. The van der Waals surface area contributed by atoms with Gasteiger partial charge in [-0.1, -0.05) is 48.5 Å². The number of carbonyl (C=O) groups excluding carboxylic acids is 4. The minimum absolute atomic E-state index is 0.0870. The third-order valence-electron chi connectivity index (χ3n) is 12.3. The van der Waals surface area contributed by atoms with E-state index in [2.05, 4.69) is 25.4 Å². The van der Waals surface area contributed by atoms with Crippen LogP contribution in [0.15, 0.2) is 55.0 Å². The number of piperidine rings is 2. The van der Waals surface area contributed by atoms with Gasteiger partial charge in [-0.25, -0.2) is 9.37 Å². The molecular weight excluding hydrogens is 824 g/mol. The van der Waals surface area contributed by atoms with Crippen LogP contribution in [0.1, 0.15) is 103 Å². The predicted molar refractivity (Wildman–Crippen MR) is 230 cm³/mol. The number of hydrogen-bond acceptors (Lipinski definition) is 11. The number of hydrogen-bond donors (Lipinski definition) is 3. The summed E-state index contributed by atoms with van der Waals surface area (Å²) in [6.07, 6.45) is 13.1. The highest BCUT2D eigenvalue weighted by atomic mass is 35.5. The molecule has 322 valence electrons. The summed E-state index contributed by atoms with van der Waals surface area (Å²) in [6.45, 7) is 7.64. The lowest BCUT2D eigenvalue weighted by atomic mass is 10.0. The topological polar surface area (TPSA) is 168 Å². The van der Waals surface area contributed by atoms with Gasteiger partial charge >= 0.3 is 0 Å². The minimum Gasteiger partial charge on any atom is -0.482 e. The Morgan fingerprint density at radius 2 is 1.67 bits per heavy atom. The third-order valence-corrected chi connectivity index (χ3v) is 13.0. The first-order valence-corrected chi connectivity index (χ1v) is 21.9. The first-order chi connectivity index (χ1) is 29.4. The average Bonchev–Trinajstić information content (AvgIpc) is 3.82. The standard InChI is InChI=1S/C44H50Cl2FN9O5/c1-26(38-32(45)10-11-33(47)40(38)46)61-36-20-27(21-49-41(36)48)28-22-50-55(23-28)30-14-18-53(19-15-30)16-5-3-2-4-6-17-54-24-29(25-54)51-34-9-7-8-31-39(34)44(60)56(43(31)59)35-12-13-37(57)52-42(35)58/h7-11,20-23,26,29-30,35,51H,2-6,12-19,24-25H2,1H3,(H2,48,49)(H,52,57,58)/t26-,35?/m1/s1. The molecular formula is C44H50Cl2FN9O5. The van der Waals surface area contributed by atoms with Crippen LogP contribution in [0.25, 0.3) is 11.1 Å². The van der Waals surface area contributed by atoms with Gasteiger partial charge in [0.05, 0.1) is 34.4 Å². The van der Waals surface area contributed by atoms with Crippen LogP contribution in [-0.2, 0) is 9.59 Å². The monoisotopic (exact) mass is 873 g/mol. The highest BCUT2D eigenvalue weighted by Crippen LogP contribution is 2.38. The van der Waals surface area contributed by atoms with Gasteiger partial charge in [-0.15, -0.1) is 0 Å². The van der Waals surface area contributed by atoms with Crippen molar-refractivity contribution >= 4 is 58.3 Å². The summed E-state index contributed by atoms with van der Waals surface area (Å²) >= 11 is 12.5. The van der Waals surface area contributed by atoms with Gasteiger partial charge in [-0.2, -0.15) is 5.10 Å². The summed E-state index contributed by atoms with van der Waals surface area (Å²) < 4.78 is 22.3. The fourth-order valence-corrected chi connectivity index (χ4v) is 9.54. The number of rotatable bonds is 16. The first kappa shape index (κ1) is 42.6. The van der Waals surface area contributed by atoms with E-state index >= 15 is 0 Å². The second-order valence-corrected chi connectivity index (χ2v) is 17.2. The Hall–Kier alpha value is -5.09. The van der Waals surface area contributed by atoms with Crippen molar-refractivity contribution in [1.29, 1.82) is 0 Å². The van der Waals surface area contributed by atoms with Gasteiger partial charge in [0.2, 0.25) is 11.8 Å². The normalized spacial score (nSPS) is 19.5. The molecule has 0 spiro atoms. The molecule has 3 saturated heterocycles. The van der Waals surface area contributed by atoms with E-state index in [1.165, 1.54) is 37.8 Å². The molecule has 2 aromatic heterocycles. The highest BCUT2D eigenvalue weighted by Gasteiger charge is 2.46. The molecule has 2 aromatic carbocycles. The lowest BCUT2D eigenvalue weighted by molar-refractivity contribution is -0.136. The van der Waals surface area contributed by atoms with Crippen LogP contribution in [0.4, 0.5) is 15.9 Å². The zero-order valence-electron chi connectivity index (χ0n) is 34.0. The van der Waals surface area contributed by atoms with E-state index in [0.717, 1.165) is 74.6 Å². The second kappa shape index (κ2) is 18.5. The quantitative estimate of drug-likeness (QED) is 0.0609. The number of nitrogens with two attached hydrogens (primary N) is 1. The first-order valence-electron chi connectivity index (χ1n) is 21.1. The van der Waals surface area contributed by atoms with Gasteiger partial charge in [0.1, 0.15) is 18.0 Å². The zero-order valence-corrected chi connectivity index (χ0v) is 35.6. The van der Waals surface area contributed by atoms with Gasteiger partial charge in [0.25, 0.3) is 11.8 Å². The average molecular weight is 875 g/mol. The van der Waals surface area contributed by atoms with E-state index in [1.807, 2.05) is 23.1 Å². The van der Waals surface area contributed by atoms with Crippen LogP contribution in [0, 0.1) is 5.82 Å². The summed E-state index contributed by atoms with van der Waals surface area (Å²) in [6, 6.07) is 9.14. The van der Waals surface area contributed by atoms with Crippen LogP contribution >= 0.6 is 23.2 Å². The van der Waals surface area contributed by atoms with Crippen molar-refractivity contribution in [2.75, 3.05) is 50.3 Å². The number of ether oxygens (including phenoxy) is 1. The van der Waals surface area contributed by atoms with Crippen molar-refractivity contribution in [1.82, 2.24) is 34.8 Å². The fourth-order valence-electron chi connectivity index (χ4n) is 8.87. The summed E-state index contributed by atoms with van der Waals surface area (Å²) in [7, 11) is 0. The Kier molecular flexibility index (Phi) is 12.9. The molecule has 4 aliphatic rings. The van der Waals surface area contributed by atoms with Crippen molar-refractivity contribution in [3.05, 3.63) is 87.5 Å². The Labute approximate surface area is 363 Å². The highest BCUT2D eigenvalue weighted by molar-refractivity contribution is 6.36. The molecule has 4 amide bonds. The maximum atomic E-state index is 14.2. The van der Waals surface area contributed by atoms with Crippen molar-refractivity contribution in [2.45, 2.75) is 88.9 Å². The van der Waals surface area contributed by atoms with Gasteiger partial charge < -0.3 is 20.7 Å². The number of amides is 4. The second-order valence-electron chi connectivity index (χ2n) is 16.5.